The van der Waals surface area contributed by atoms with Crippen molar-refractivity contribution < 1.29 is 4.74 Å². The lowest BCUT2D eigenvalue weighted by Gasteiger charge is -2.12. The molecule has 0 aliphatic rings. The number of methoxy groups -OCH3 is 1. The summed E-state index contributed by atoms with van der Waals surface area (Å²) >= 11 is 0. The normalized spacial score (nSPS) is 9.94. The van der Waals surface area contributed by atoms with Gasteiger partial charge in [0, 0.05) is 5.69 Å². The first-order valence-electron chi connectivity index (χ1n) is 5.44. The minimum absolute atomic E-state index is 0.433. The van der Waals surface area contributed by atoms with Gasteiger partial charge >= 0.3 is 0 Å². The number of hydrogen-bond acceptors (Lipinski definition) is 6. The van der Waals surface area contributed by atoms with Crippen LogP contribution >= 0.6 is 0 Å². The Hall–Kier alpha value is -2.34. The molecular weight excluding hydrogens is 230 g/mol. The Balaban J connectivity index is 2.31. The lowest BCUT2D eigenvalue weighted by atomic mass is 10.2. The van der Waals surface area contributed by atoms with Crippen molar-refractivity contribution in [2.45, 2.75) is 6.92 Å². The molecule has 2 aromatic rings. The number of benzene rings is 1. The highest BCUT2D eigenvalue weighted by atomic mass is 16.5. The monoisotopic (exact) mass is 245 g/mol. The van der Waals surface area contributed by atoms with Gasteiger partial charge in [0.2, 0.25) is 5.75 Å². The molecule has 4 N–H and O–H groups in total. The summed E-state index contributed by atoms with van der Waals surface area (Å²) in [6.07, 6.45) is 1.41. The van der Waals surface area contributed by atoms with E-state index in [1.54, 1.807) is 7.11 Å². The van der Waals surface area contributed by atoms with E-state index in [-0.39, 0.29) is 0 Å². The fourth-order valence-electron chi connectivity index (χ4n) is 1.53. The van der Waals surface area contributed by atoms with Crippen LogP contribution in [0.4, 0.5) is 17.3 Å². The SMILES string of the molecule is COc1c(NN)ncnc1Nc1ccc(C)cc1. The van der Waals surface area contributed by atoms with Crippen molar-refractivity contribution in [3.63, 3.8) is 0 Å². The van der Waals surface area contributed by atoms with E-state index in [1.807, 2.05) is 31.2 Å². The molecule has 0 spiro atoms. The Morgan fingerprint density at radius 2 is 1.78 bits per heavy atom. The van der Waals surface area contributed by atoms with Crippen LogP contribution in [0.1, 0.15) is 5.56 Å². The summed E-state index contributed by atoms with van der Waals surface area (Å²) in [7, 11) is 1.54. The largest absolute Gasteiger partial charge is 0.490 e. The number of ether oxygens (including phenoxy) is 1. The van der Waals surface area contributed by atoms with Gasteiger partial charge in [-0.3, -0.25) is 0 Å². The van der Waals surface area contributed by atoms with Crippen LogP contribution in [0.25, 0.3) is 0 Å². The Labute approximate surface area is 105 Å². The molecule has 6 heteroatoms. The number of nitrogens with one attached hydrogen (secondary N) is 2. The summed E-state index contributed by atoms with van der Waals surface area (Å²) < 4.78 is 5.23. The Kier molecular flexibility index (Phi) is 3.59. The number of aromatic nitrogens is 2. The molecular formula is C12H15N5O. The third-order valence-corrected chi connectivity index (χ3v) is 2.46. The molecule has 18 heavy (non-hydrogen) atoms. The lowest BCUT2D eigenvalue weighted by Crippen LogP contribution is -2.11. The van der Waals surface area contributed by atoms with Crippen molar-refractivity contribution in [2.75, 3.05) is 17.9 Å². The van der Waals surface area contributed by atoms with Crippen molar-refractivity contribution in [1.29, 1.82) is 0 Å². The van der Waals surface area contributed by atoms with E-state index in [0.717, 1.165) is 5.69 Å². The van der Waals surface area contributed by atoms with Crippen molar-refractivity contribution >= 4 is 17.3 Å². The number of nitrogens with two attached hydrogens (primary N) is 1. The van der Waals surface area contributed by atoms with Gasteiger partial charge in [0.1, 0.15) is 6.33 Å². The zero-order valence-electron chi connectivity index (χ0n) is 10.3. The van der Waals surface area contributed by atoms with Crippen molar-refractivity contribution in [3.05, 3.63) is 36.2 Å². The van der Waals surface area contributed by atoms with Gasteiger partial charge in [-0.2, -0.15) is 0 Å². The van der Waals surface area contributed by atoms with Gasteiger partial charge in [0.25, 0.3) is 0 Å². The third kappa shape index (κ3) is 2.49. The number of rotatable bonds is 4. The smallest absolute Gasteiger partial charge is 0.205 e. The average Bonchev–Trinajstić information content (AvgIpc) is 2.41. The molecule has 0 amide bonds. The van der Waals surface area contributed by atoms with E-state index in [2.05, 4.69) is 20.7 Å². The van der Waals surface area contributed by atoms with Gasteiger partial charge in [0.15, 0.2) is 11.6 Å². The fourth-order valence-corrected chi connectivity index (χ4v) is 1.53. The molecule has 2 rings (SSSR count). The van der Waals surface area contributed by atoms with Crippen LogP contribution in [-0.2, 0) is 0 Å². The van der Waals surface area contributed by atoms with Gasteiger partial charge in [-0.25, -0.2) is 15.8 Å². The Morgan fingerprint density at radius 1 is 1.11 bits per heavy atom. The molecule has 0 radical (unpaired) electrons. The summed E-state index contributed by atoms with van der Waals surface area (Å²) in [5, 5.41) is 3.15. The summed E-state index contributed by atoms with van der Waals surface area (Å²) in [5.41, 5.74) is 4.58. The van der Waals surface area contributed by atoms with Gasteiger partial charge in [0.05, 0.1) is 7.11 Å². The highest BCUT2D eigenvalue weighted by Crippen LogP contribution is 2.30. The zero-order chi connectivity index (χ0) is 13.0. The van der Waals surface area contributed by atoms with Gasteiger partial charge in [-0.15, -0.1) is 0 Å². The van der Waals surface area contributed by atoms with Crippen LogP contribution in [0, 0.1) is 6.92 Å². The van der Waals surface area contributed by atoms with Crippen LogP contribution in [-0.4, -0.2) is 17.1 Å². The summed E-state index contributed by atoms with van der Waals surface area (Å²) in [5.74, 6) is 6.83. The van der Waals surface area contributed by atoms with Crippen LogP contribution in [0.3, 0.4) is 0 Å². The van der Waals surface area contributed by atoms with Crippen LogP contribution in [0.2, 0.25) is 0 Å². The molecule has 0 unspecified atom stereocenters. The van der Waals surface area contributed by atoms with E-state index in [0.29, 0.717) is 17.4 Å². The fraction of sp³-hybridized carbons (Fsp3) is 0.167. The maximum atomic E-state index is 5.36. The van der Waals surface area contributed by atoms with Crippen molar-refractivity contribution in [2.24, 2.45) is 5.84 Å². The second-order valence-electron chi connectivity index (χ2n) is 3.74. The number of nitrogens with zero attached hydrogens (tertiary/aromatic N) is 2. The molecule has 0 atom stereocenters. The molecule has 1 heterocycles. The molecule has 0 fully saturated rings. The maximum Gasteiger partial charge on any atom is 0.205 e. The first-order valence-corrected chi connectivity index (χ1v) is 5.44. The third-order valence-electron chi connectivity index (χ3n) is 2.46. The molecule has 0 aliphatic carbocycles. The van der Waals surface area contributed by atoms with E-state index in [4.69, 9.17) is 10.6 Å². The standard InChI is InChI=1S/C12H15N5O/c1-8-3-5-9(6-4-8)16-11-10(18-2)12(17-13)15-7-14-11/h3-7H,13H2,1-2H3,(H2,14,15,16,17). The van der Waals surface area contributed by atoms with E-state index < -0.39 is 0 Å². The minimum Gasteiger partial charge on any atom is -0.490 e. The second kappa shape index (κ2) is 5.33. The van der Waals surface area contributed by atoms with E-state index in [9.17, 15) is 0 Å². The number of anilines is 3. The molecule has 94 valence electrons. The summed E-state index contributed by atoms with van der Waals surface area (Å²) in [6, 6.07) is 7.95. The highest BCUT2D eigenvalue weighted by molar-refractivity contribution is 5.68. The molecule has 0 saturated carbocycles. The molecule has 1 aromatic carbocycles. The average molecular weight is 245 g/mol. The predicted octanol–water partition coefficient (Wildman–Crippen LogP) is 1.82. The van der Waals surface area contributed by atoms with Crippen LogP contribution in [0.15, 0.2) is 30.6 Å². The molecule has 0 saturated heterocycles. The molecule has 6 nitrogen and oxygen atoms in total. The Morgan fingerprint density at radius 3 is 2.39 bits per heavy atom. The van der Waals surface area contributed by atoms with Gasteiger partial charge in [-0.05, 0) is 19.1 Å². The van der Waals surface area contributed by atoms with E-state index >= 15 is 0 Å². The predicted molar refractivity (Wildman–Crippen MR) is 70.9 cm³/mol. The lowest BCUT2D eigenvalue weighted by molar-refractivity contribution is 0.415. The van der Waals surface area contributed by atoms with Gasteiger partial charge in [-0.1, -0.05) is 17.7 Å². The van der Waals surface area contributed by atoms with E-state index in [1.165, 1.54) is 11.9 Å². The van der Waals surface area contributed by atoms with Gasteiger partial charge < -0.3 is 15.5 Å². The highest BCUT2D eigenvalue weighted by Gasteiger charge is 2.11. The van der Waals surface area contributed by atoms with Crippen molar-refractivity contribution in [3.8, 4) is 5.75 Å². The number of aryl methyl sites for hydroxylation is 1. The summed E-state index contributed by atoms with van der Waals surface area (Å²) in [6.45, 7) is 2.03. The van der Waals surface area contributed by atoms with Crippen LogP contribution in [0.5, 0.6) is 5.75 Å². The maximum absolute atomic E-state index is 5.36. The summed E-state index contributed by atoms with van der Waals surface area (Å²) in [4.78, 5) is 8.11. The van der Waals surface area contributed by atoms with Crippen LogP contribution < -0.4 is 21.3 Å². The topological polar surface area (TPSA) is 85.1 Å². The second-order valence-corrected chi connectivity index (χ2v) is 3.74. The number of hydrogen-bond donors (Lipinski definition) is 3. The quantitative estimate of drug-likeness (QED) is 0.563. The molecule has 1 aromatic heterocycles. The first kappa shape index (κ1) is 12.1. The van der Waals surface area contributed by atoms with Crippen molar-refractivity contribution in [1.82, 2.24) is 9.97 Å². The molecule has 0 aliphatic heterocycles. The number of hydrazine groups is 1. The Bertz CT molecular complexity index is 526. The minimum atomic E-state index is 0.433. The first-order chi connectivity index (χ1) is 8.74. The number of nitrogen functional groups attached to an aromatic ring is 1. The zero-order valence-corrected chi connectivity index (χ0v) is 10.3. The molecule has 0 bridgehead atoms.